The maximum atomic E-state index is 12.2. The number of carbonyl (C=O) groups excluding carboxylic acids is 1. The minimum absolute atomic E-state index is 0.325. The quantitative estimate of drug-likeness (QED) is 0.720. The molecule has 2 aromatic rings. The van der Waals surface area contributed by atoms with Crippen LogP contribution in [0.1, 0.15) is 15.9 Å². The lowest BCUT2D eigenvalue weighted by Crippen LogP contribution is -2.13. The molecule has 0 bridgehead atoms. The SMILES string of the molecule is N#Cc1ccc(Cl)c(NC(=O)c2cc(Cl)ccc2I)c1. The van der Waals surface area contributed by atoms with Crippen LogP contribution < -0.4 is 5.32 Å². The Morgan fingerprint density at radius 1 is 1.20 bits per heavy atom. The molecular formula is C14H7Cl2IN2O. The van der Waals surface area contributed by atoms with Crippen LogP contribution in [0.5, 0.6) is 0 Å². The van der Waals surface area contributed by atoms with E-state index in [0.29, 0.717) is 26.9 Å². The molecule has 3 nitrogen and oxygen atoms in total. The summed E-state index contributed by atoms with van der Waals surface area (Å²) in [5.74, 6) is -0.325. The minimum atomic E-state index is -0.325. The number of nitrogens with zero attached hydrogens (tertiary/aromatic N) is 1. The predicted molar refractivity (Wildman–Crippen MR) is 88.3 cm³/mol. The lowest BCUT2D eigenvalue weighted by atomic mass is 10.2. The van der Waals surface area contributed by atoms with Gasteiger partial charge in [0.05, 0.1) is 27.9 Å². The first kappa shape index (κ1) is 15.1. The minimum Gasteiger partial charge on any atom is -0.321 e. The summed E-state index contributed by atoms with van der Waals surface area (Å²) in [6.07, 6.45) is 0. The van der Waals surface area contributed by atoms with Gasteiger partial charge in [-0.1, -0.05) is 23.2 Å². The molecule has 0 heterocycles. The molecule has 0 aliphatic heterocycles. The molecule has 0 radical (unpaired) electrons. The van der Waals surface area contributed by atoms with Crippen LogP contribution in [0.2, 0.25) is 10.0 Å². The first-order valence-electron chi connectivity index (χ1n) is 5.47. The summed E-state index contributed by atoms with van der Waals surface area (Å²) < 4.78 is 0.775. The zero-order chi connectivity index (χ0) is 14.7. The highest BCUT2D eigenvalue weighted by Gasteiger charge is 2.13. The lowest BCUT2D eigenvalue weighted by Gasteiger charge is -2.09. The van der Waals surface area contributed by atoms with Crippen molar-refractivity contribution in [1.82, 2.24) is 0 Å². The van der Waals surface area contributed by atoms with Crippen molar-refractivity contribution in [2.75, 3.05) is 5.32 Å². The fraction of sp³-hybridized carbons (Fsp3) is 0. The first-order chi connectivity index (χ1) is 9.51. The van der Waals surface area contributed by atoms with Crippen LogP contribution in [0.4, 0.5) is 5.69 Å². The molecule has 0 saturated heterocycles. The van der Waals surface area contributed by atoms with Gasteiger partial charge in [0.1, 0.15) is 0 Å². The van der Waals surface area contributed by atoms with Gasteiger partial charge in [0.25, 0.3) is 5.91 Å². The standard InChI is InChI=1S/C14H7Cl2IN2O/c15-9-2-4-12(17)10(6-9)14(20)19-13-5-8(7-18)1-3-11(13)16/h1-6H,(H,19,20). The van der Waals surface area contributed by atoms with E-state index in [1.165, 1.54) is 6.07 Å². The molecule has 2 rings (SSSR count). The highest BCUT2D eigenvalue weighted by atomic mass is 127. The average Bonchev–Trinajstić information content (AvgIpc) is 2.43. The van der Waals surface area contributed by atoms with Crippen LogP contribution in [0.3, 0.4) is 0 Å². The number of carbonyl (C=O) groups is 1. The fourth-order valence-electron chi connectivity index (χ4n) is 1.55. The summed E-state index contributed by atoms with van der Waals surface area (Å²) >= 11 is 13.9. The predicted octanol–water partition coefficient (Wildman–Crippen LogP) is 4.72. The molecule has 0 fully saturated rings. The van der Waals surface area contributed by atoms with Gasteiger partial charge < -0.3 is 5.32 Å². The Labute approximate surface area is 139 Å². The van der Waals surface area contributed by atoms with Crippen LogP contribution in [-0.4, -0.2) is 5.91 Å². The molecule has 0 aliphatic carbocycles. The van der Waals surface area contributed by atoms with Crippen LogP contribution in [-0.2, 0) is 0 Å². The molecule has 0 saturated carbocycles. The van der Waals surface area contributed by atoms with Crippen LogP contribution in [0.25, 0.3) is 0 Å². The van der Waals surface area contributed by atoms with Crippen molar-refractivity contribution in [3.8, 4) is 6.07 Å². The normalized spacial score (nSPS) is 9.90. The van der Waals surface area contributed by atoms with Gasteiger partial charge in [-0.05, 0) is 59.0 Å². The molecule has 100 valence electrons. The number of hydrogen-bond acceptors (Lipinski definition) is 2. The van der Waals surface area contributed by atoms with Gasteiger partial charge in [0.2, 0.25) is 0 Å². The zero-order valence-corrected chi connectivity index (χ0v) is 13.6. The van der Waals surface area contributed by atoms with Gasteiger partial charge >= 0.3 is 0 Å². The summed E-state index contributed by atoms with van der Waals surface area (Å²) in [6, 6.07) is 11.7. The van der Waals surface area contributed by atoms with Crippen molar-refractivity contribution >= 4 is 57.4 Å². The Morgan fingerprint density at radius 2 is 1.95 bits per heavy atom. The van der Waals surface area contributed by atoms with Gasteiger partial charge in [-0.3, -0.25) is 4.79 Å². The van der Waals surface area contributed by atoms with Crippen molar-refractivity contribution in [3.05, 3.63) is 61.1 Å². The number of nitrogens with one attached hydrogen (secondary N) is 1. The molecule has 0 atom stereocenters. The Bertz CT molecular complexity index is 726. The van der Waals surface area contributed by atoms with Gasteiger partial charge in [-0.15, -0.1) is 0 Å². The number of benzene rings is 2. The van der Waals surface area contributed by atoms with E-state index in [-0.39, 0.29) is 5.91 Å². The number of rotatable bonds is 2. The van der Waals surface area contributed by atoms with Crippen molar-refractivity contribution in [1.29, 1.82) is 5.26 Å². The van der Waals surface area contributed by atoms with Crippen LogP contribution in [0, 0.1) is 14.9 Å². The number of halogens is 3. The van der Waals surface area contributed by atoms with E-state index in [1.54, 1.807) is 30.3 Å². The smallest absolute Gasteiger partial charge is 0.256 e. The largest absolute Gasteiger partial charge is 0.321 e. The summed E-state index contributed by atoms with van der Waals surface area (Å²) in [4.78, 5) is 12.2. The molecule has 6 heteroatoms. The van der Waals surface area contributed by atoms with Gasteiger partial charge in [-0.25, -0.2) is 0 Å². The highest BCUT2D eigenvalue weighted by Crippen LogP contribution is 2.25. The first-order valence-corrected chi connectivity index (χ1v) is 7.31. The molecule has 0 aromatic heterocycles. The van der Waals surface area contributed by atoms with E-state index >= 15 is 0 Å². The number of hydrogen-bond donors (Lipinski definition) is 1. The molecule has 1 N–H and O–H groups in total. The lowest BCUT2D eigenvalue weighted by molar-refractivity contribution is 0.102. The molecule has 0 aliphatic rings. The Kier molecular flexibility index (Phi) is 4.86. The summed E-state index contributed by atoms with van der Waals surface area (Å²) in [5, 5.41) is 12.4. The van der Waals surface area contributed by atoms with Crippen LogP contribution >= 0.6 is 45.8 Å². The third-order valence-electron chi connectivity index (χ3n) is 2.52. The van der Waals surface area contributed by atoms with Gasteiger partial charge in [0, 0.05) is 8.59 Å². The van der Waals surface area contributed by atoms with E-state index in [0.717, 1.165) is 3.57 Å². The monoisotopic (exact) mass is 416 g/mol. The maximum absolute atomic E-state index is 12.2. The number of anilines is 1. The summed E-state index contributed by atoms with van der Waals surface area (Å²) in [5.41, 5.74) is 1.27. The molecule has 20 heavy (non-hydrogen) atoms. The number of nitriles is 1. The van der Waals surface area contributed by atoms with E-state index < -0.39 is 0 Å². The third kappa shape index (κ3) is 3.42. The molecular weight excluding hydrogens is 410 g/mol. The van der Waals surface area contributed by atoms with E-state index in [9.17, 15) is 4.79 Å². The van der Waals surface area contributed by atoms with Crippen LogP contribution in [0.15, 0.2) is 36.4 Å². The average molecular weight is 417 g/mol. The molecule has 1 amide bonds. The molecule has 0 spiro atoms. The highest BCUT2D eigenvalue weighted by molar-refractivity contribution is 14.1. The Hall–Kier alpha value is -1.29. The molecule has 0 unspecified atom stereocenters. The van der Waals surface area contributed by atoms with Crippen molar-refractivity contribution in [2.24, 2.45) is 0 Å². The van der Waals surface area contributed by atoms with E-state index in [1.807, 2.05) is 6.07 Å². The van der Waals surface area contributed by atoms with Crippen molar-refractivity contribution in [2.45, 2.75) is 0 Å². The second-order valence-electron chi connectivity index (χ2n) is 3.88. The maximum Gasteiger partial charge on any atom is 0.256 e. The molecule has 2 aromatic carbocycles. The summed E-state index contributed by atoms with van der Waals surface area (Å²) in [6.45, 7) is 0. The third-order valence-corrected chi connectivity index (χ3v) is 4.02. The summed E-state index contributed by atoms with van der Waals surface area (Å²) in [7, 11) is 0. The van der Waals surface area contributed by atoms with Crippen molar-refractivity contribution in [3.63, 3.8) is 0 Å². The second kappa shape index (κ2) is 6.44. The zero-order valence-electron chi connectivity index (χ0n) is 9.95. The van der Waals surface area contributed by atoms with E-state index in [2.05, 4.69) is 27.9 Å². The van der Waals surface area contributed by atoms with Gasteiger partial charge in [-0.2, -0.15) is 5.26 Å². The van der Waals surface area contributed by atoms with E-state index in [4.69, 9.17) is 28.5 Å². The second-order valence-corrected chi connectivity index (χ2v) is 5.89. The van der Waals surface area contributed by atoms with Crippen molar-refractivity contribution < 1.29 is 4.79 Å². The Morgan fingerprint density at radius 3 is 2.65 bits per heavy atom. The topological polar surface area (TPSA) is 52.9 Å². The Balaban J connectivity index is 2.33. The number of amides is 1. The van der Waals surface area contributed by atoms with Gasteiger partial charge in [0.15, 0.2) is 0 Å². The fourth-order valence-corrected chi connectivity index (χ4v) is 2.47.